The second kappa shape index (κ2) is 7.39. The molecule has 3 aromatic rings. The van der Waals surface area contributed by atoms with Gasteiger partial charge in [-0.3, -0.25) is 14.3 Å². The summed E-state index contributed by atoms with van der Waals surface area (Å²) in [7, 11) is 0. The number of hydrogen-bond acceptors (Lipinski definition) is 4. The minimum atomic E-state index is -0.116. The van der Waals surface area contributed by atoms with Gasteiger partial charge in [-0.1, -0.05) is 12.1 Å². The summed E-state index contributed by atoms with van der Waals surface area (Å²) in [5.74, 6) is 0.0564. The third-order valence-electron chi connectivity index (χ3n) is 4.90. The maximum Gasteiger partial charge on any atom is 0.244 e. The van der Waals surface area contributed by atoms with Crippen LogP contribution in [0.5, 0.6) is 0 Å². The number of nitrogens with one attached hydrogen (secondary N) is 1. The van der Waals surface area contributed by atoms with E-state index >= 15 is 0 Å². The number of carbonyl (C=O) groups is 1. The third-order valence-corrected chi connectivity index (χ3v) is 5.64. The molecule has 6 nitrogen and oxygen atoms in total. The quantitative estimate of drug-likeness (QED) is 0.724. The van der Waals surface area contributed by atoms with Crippen molar-refractivity contribution in [3.8, 4) is 0 Å². The molecule has 3 heterocycles. The number of amides is 1. The van der Waals surface area contributed by atoms with Crippen molar-refractivity contribution in [2.24, 2.45) is 0 Å². The molecular formula is C19H21N4O2S+. The largest absolute Gasteiger partial charge is 0.330 e. The molecule has 1 saturated heterocycles. The second-order valence-corrected chi connectivity index (χ2v) is 7.40. The maximum absolute atomic E-state index is 12.7. The Balaban J connectivity index is 1.40. The van der Waals surface area contributed by atoms with Gasteiger partial charge in [0.1, 0.15) is 13.1 Å². The number of quaternary nitrogens is 1. The van der Waals surface area contributed by atoms with Gasteiger partial charge < -0.3 is 9.80 Å². The number of rotatable bonds is 4. The Morgan fingerprint density at radius 3 is 2.77 bits per heavy atom. The molecule has 2 aromatic heterocycles. The Bertz CT molecular complexity index is 959. The van der Waals surface area contributed by atoms with E-state index in [1.54, 1.807) is 22.1 Å². The summed E-state index contributed by atoms with van der Waals surface area (Å²) < 4.78 is 1.63. The van der Waals surface area contributed by atoms with Crippen LogP contribution in [0.3, 0.4) is 0 Å². The Kier molecular flexibility index (Phi) is 4.81. The first-order valence-electron chi connectivity index (χ1n) is 8.78. The van der Waals surface area contributed by atoms with Gasteiger partial charge in [0.25, 0.3) is 0 Å². The summed E-state index contributed by atoms with van der Waals surface area (Å²) in [5, 5.41) is 9.06. The Morgan fingerprint density at radius 1 is 1.19 bits per heavy atom. The van der Waals surface area contributed by atoms with Crippen molar-refractivity contribution in [3.63, 3.8) is 0 Å². The highest BCUT2D eigenvalue weighted by Gasteiger charge is 2.24. The number of aromatic nitrogens is 2. The molecule has 0 unspecified atom stereocenters. The smallest absolute Gasteiger partial charge is 0.244 e. The molecular weight excluding hydrogens is 348 g/mol. The zero-order chi connectivity index (χ0) is 17.9. The van der Waals surface area contributed by atoms with Crippen molar-refractivity contribution in [1.82, 2.24) is 14.7 Å². The monoisotopic (exact) mass is 369 g/mol. The van der Waals surface area contributed by atoms with E-state index in [0.29, 0.717) is 10.9 Å². The molecule has 1 fully saturated rings. The molecule has 0 bridgehead atoms. The lowest BCUT2D eigenvalue weighted by atomic mass is 10.2. The minimum absolute atomic E-state index is 0.0564. The van der Waals surface area contributed by atoms with E-state index in [1.807, 2.05) is 23.1 Å². The molecule has 0 atom stereocenters. The van der Waals surface area contributed by atoms with Crippen molar-refractivity contribution in [1.29, 1.82) is 0 Å². The van der Waals surface area contributed by atoms with Crippen molar-refractivity contribution in [2.45, 2.75) is 13.1 Å². The average Bonchev–Trinajstić information content (AvgIpc) is 3.18. The molecule has 1 amide bonds. The number of fused-ring (bicyclic) bond motifs is 1. The van der Waals surface area contributed by atoms with Crippen LogP contribution in [-0.4, -0.2) is 46.8 Å². The number of hydrogen-bond donors (Lipinski definition) is 1. The highest BCUT2D eigenvalue weighted by molar-refractivity contribution is 7.07. The SMILES string of the molecule is O=C(Cn1ncc(=O)c2ccccc21)N1CC[NH+](Cc2ccsc2)CC1. The van der Waals surface area contributed by atoms with E-state index < -0.39 is 0 Å². The van der Waals surface area contributed by atoms with Crippen molar-refractivity contribution < 1.29 is 9.69 Å². The van der Waals surface area contributed by atoms with Crippen LogP contribution in [0.15, 0.2) is 52.1 Å². The number of piperazine rings is 1. The van der Waals surface area contributed by atoms with E-state index in [2.05, 4.69) is 21.9 Å². The highest BCUT2D eigenvalue weighted by atomic mass is 32.1. The standard InChI is InChI=1S/C19H20N4O2S/c24-18-11-20-23(17-4-2-1-3-16(17)18)13-19(25)22-8-6-21(7-9-22)12-15-5-10-26-14-15/h1-5,10-11,14H,6-9,12-13H2/p+1. The van der Waals surface area contributed by atoms with Gasteiger partial charge in [0, 0.05) is 10.9 Å². The van der Waals surface area contributed by atoms with Gasteiger partial charge in [-0.15, -0.1) is 0 Å². The van der Waals surface area contributed by atoms with Gasteiger partial charge in [0.15, 0.2) is 0 Å². The number of carbonyl (C=O) groups excluding carboxylic acids is 1. The van der Waals surface area contributed by atoms with E-state index in [4.69, 9.17) is 0 Å². The normalized spacial score (nSPS) is 15.5. The molecule has 0 aliphatic carbocycles. The summed E-state index contributed by atoms with van der Waals surface area (Å²) in [4.78, 5) is 28.0. The van der Waals surface area contributed by atoms with Crippen molar-refractivity contribution in [3.05, 3.63) is 63.1 Å². The molecule has 1 aliphatic heterocycles. The molecule has 0 radical (unpaired) electrons. The van der Waals surface area contributed by atoms with Gasteiger partial charge in [-0.2, -0.15) is 16.4 Å². The molecule has 1 N–H and O–H groups in total. The van der Waals surface area contributed by atoms with Gasteiger partial charge in [-0.05, 0) is 29.0 Å². The van der Waals surface area contributed by atoms with Gasteiger partial charge >= 0.3 is 0 Å². The predicted molar refractivity (Wildman–Crippen MR) is 101 cm³/mol. The summed E-state index contributed by atoms with van der Waals surface area (Å²) >= 11 is 1.73. The molecule has 134 valence electrons. The lowest BCUT2D eigenvalue weighted by molar-refractivity contribution is -0.917. The fourth-order valence-electron chi connectivity index (χ4n) is 3.45. The Hall–Kier alpha value is -2.51. The van der Waals surface area contributed by atoms with Crippen LogP contribution >= 0.6 is 11.3 Å². The molecule has 1 aromatic carbocycles. The first-order valence-corrected chi connectivity index (χ1v) is 9.72. The van der Waals surface area contributed by atoms with Crippen molar-refractivity contribution in [2.75, 3.05) is 26.2 Å². The predicted octanol–water partition coefficient (Wildman–Crippen LogP) is 0.385. The van der Waals surface area contributed by atoms with Crippen LogP contribution in [0.2, 0.25) is 0 Å². The van der Waals surface area contributed by atoms with Crippen LogP contribution in [0, 0.1) is 0 Å². The number of nitrogens with zero attached hydrogens (tertiary/aromatic N) is 3. The molecule has 0 saturated carbocycles. The average molecular weight is 369 g/mol. The van der Waals surface area contributed by atoms with E-state index in [1.165, 1.54) is 16.7 Å². The van der Waals surface area contributed by atoms with Crippen LogP contribution < -0.4 is 10.3 Å². The number of para-hydroxylation sites is 1. The lowest BCUT2D eigenvalue weighted by Gasteiger charge is -2.32. The fourth-order valence-corrected chi connectivity index (χ4v) is 4.11. The van der Waals surface area contributed by atoms with Crippen LogP contribution in [0.1, 0.15) is 5.56 Å². The topological polar surface area (TPSA) is 59.6 Å². The van der Waals surface area contributed by atoms with Gasteiger partial charge in [0.2, 0.25) is 11.3 Å². The summed E-state index contributed by atoms with van der Waals surface area (Å²) in [5.41, 5.74) is 1.96. The second-order valence-electron chi connectivity index (χ2n) is 6.62. The molecule has 1 aliphatic rings. The molecule has 26 heavy (non-hydrogen) atoms. The zero-order valence-electron chi connectivity index (χ0n) is 14.4. The Morgan fingerprint density at radius 2 is 2.00 bits per heavy atom. The minimum Gasteiger partial charge on any atom is -0.330 e. The summed E-state index contributed by atoms with van der Waals surface area (Å²) in [6.07, 6.45) is 1.29. The van der Waals surface area contributed by atoms with Gasteiger partial charge in [0.05, 0.1) is 37.9 Å². The molecule has 4 rings (SSSR count). The van der Waals surface area contributed by atoms with E-state index in [-0.39, 0.29) is 17.9 Å². The van der Waals surface area contributed by atoms with Crippen LogP contribution in [-0.2, 0) is 17.9 Å². The molecule has 7 heteroatoms. The third kappa shape index (κ3) is 3.54. The first kappa shape index (κ1) is 16.9. The highest BCUT2D eigenvalue weighted by Crippen LogP contribution is 2.08. The fraction of sp³-hybridized carbons (Fsp3) is 0.316. The molecule has 0 spiro atoms. The number of thiophene rings is 1. The van der Waals surface area contributed by atoms with E-state index in [0.717, 1.165) is 32.7 Å². The van der Waals surface area contributed by atoms with Gasteiger partial charge in [-0.25, -0.2) is 0 Å². The lowest BCUT2D eigenvalue weighted by Crippen LogP contribution is -3.13. The zero-order valence-corrected chi connectivity index (χ0v) is 15.2. The van der Waals surface area contributed by atoms with Crippen LogP contribution in [0.25, 0.3) is 10.9 Å². The number of benzene rings is 1. The summed E-state index contributed by atoms with van der Waals surface area (Å²) in [6, 6.07) is 9.46. The summed E-state index contributed by atoms with van der Waals surface area (Å²) in [6.45, 7) is 4.63. The van der Waals surface area contributed by atoms with Crippen LogP contribution in [0.4, 0.5) is 0 Å². The van der Waals surface area contributed by atoms with E-state index in [9.17, 15) is 9.59 Å². The van der Waals surface area contributed by atoms with Crippen molar-refractivity contribution >= 4 is 28.1 Å². The maximum atomic E-state index is 12.7. The first-order chi connectivity index (χ1) is 12.7. The Labute approximate surface area is 155 Å².